The van der Waals surface area contributed by atoms with Gasteiger partial charge in [0.05, 0.1) is 20.6 Å². The molecule has 0 aromatic heterocycles. The second-order valence-corrected chi connectivity index (χ2v) is 5.51. The van der Waals surface area contributed by atoms with E-state index in [-0.39, 0.29) is 5.84 Å². The SMILES string of the molecule is N=C(N)c1cc(Cl)ccc1Oc1cc(Cl)c(Cl)cc1Cl. The fraction of sp³-hybridized carbons (Fsp3) is 0. The van der Waals surface area contributed by atoms with Gasteiger partial charge in [0.25, 0.3) is 0 Å². The van der Waals surface area contributed by atoms with Crippen molar-refractivity contribution in [2.24, 2.45) is 5.73 Å². The Morgan fingerprint density at radius 2 is 1.55 bits per heavy atom. The summed E-state index contributed by atoms with van der Waals surface area (Å²) in [5.41, 5.74) is 5.85. The molecule has 0 radical (unpaired) electrons. The average molecular weight is 350 g/mol. The van der Waals surface area contributed by atoms with Gasteiger partial charge in [-0.3, -0.25) is 5.41 Å². The first-order chi connectivity index (χ1) is 9.38. The van der Waals surface area contributed by atoms with Crippen LogP contribution in [0.3, 0.4) is 0 Å². The first-order valence-electron chi connectivity index (χ1n) is 5.35. The fourth-order valence-corrected chi connectivity index (χ4v) is 2.25. The van der Waals surface area contributed by atoms with Crippen LogP contribution in [0.15, 0.2) is 30.3 Å². The van der Waals surface area contributed by atoms with Gasteiger partial charge in [0.1, 0.15) is 17.3 Å². The van der Waals surface area contributed by atoms with Crippen molar-refractivity contribution in [3.05, 3.63) is 56.0 Å². The minimum atomic E-state index is -0.168. The monoisotopic (exact) mass is 348 g/mol. The minimum Gasteiger partial charge on any atom is -0.455 e. The molecule has 104 valence electrons. The predicted octanol–water partition coefficient (Wildman–Crippen LogP) is 5.38. The molecule has 2 aromatic rings. The van der Waals surface area contributed by atoms with Crippen molar-refractivity contribution in [3.63, 3.8) is 0 Å². The second kappa shape index (κ2) is 6.10. The third-order valence-electron chi connectivity index (χ3n) is 2.43. The Hall–Kier alpha value is -1.13. The standard InChI is InChI=1S/C13H8Cl4N2O/c14-6-1-2-11(7(3-6)13(18)19)20-12-5-9(16)8(15)4-10(12)17/h1-5H,(H3,18,19). The van der Waals surface area contributed by atoms with Crippen LogP contribution in [0.25, 0.3) is 0 Å². The molecule has 0 saturated carbocycles. The molecule has 20 heavy (non-hydrogen) atoms. The van der Waals surface area contributed by atoms with E-state index in [1.54, 1.807) is 12.1 Å². The fourth-order valence-electron chi connectivity index (χ4n) is 1.50. The van der Waals surface area contributed by atoms with Crippen LogP contribution in [0, 0.1) is 5.41 Å². The van der Waals surface area contributed by atoms with E-state index < -0.39 is 0 Å². The Balaban J connectivity index is 2.45. The number of amidine groups is 1. The lowest BCUT2D eigenvalue weighted by Gasteiger charge is -2.12. The number of nitrogens with two attached hydrogens (primary N) is 1. The molecule has 0 unspecified atom stereocenters. The molecule has 0 saturated heterocycles. The number of halogens is 4. The molecule has 2 aromatic carbocycles. The number of ether oxygens (including phenoxy) is 1. The largest absolute Gasteiger partial charge is 0.455 e. The Kier molecular flexibility index (Phi) is 4.66. The van der Waals surface area contributed by atoms with Gasteiger partial charge in [0, 0.05) is 11.1 Å². The molecule has 0 bridgehead atoms. The Labute approximate surface area is 135 Å². The molecule has 2 rings (SSSR count). The summed E-state index contributed by atoms with van der Waals surface area (Å²) in [5.74, 6) is 0.492. The van der Waals surface area contributed by atoms with Crippen molar-refractivity contribution >= 4 is 52.2 Å². The Morgan fingerprint density at radius 3 is 2.20 bits per heavy atom. The molecule has 0 aliphatic rings. The highest BCUT2D eigenvalue weighted by molar-refractivity contribution is 6.43. The van der Waals surface area contributed by atoms with Crippen LogP contribution in [0.1, 0.15) is 5.56 Å². The van der Waals surface area contributed by atoms with Crippen molar-refractivity contribution in [3.8, 4) is 11.5 Å². The quantitative estimate of drug-likeness (QED) is 0.444. The maximum atomic E-state index is 7.53. The maximum absolute atomic E-state index is 7.53. The molecule has 0 aliphatic heterocycles. The number of hydrogen-bond acceptors (Lipinski definition) is 2. The van der Waals surface area contributed by atoms with Crippen LogP contribution in [0.2, 0.25) is 20.1 Å². The molecule has 0 spiro atoms. The van der Waals surface area contributed by atoms with E-state index in [1.807, 2.05) is 0 Å². The zero-order valence-corrected chi connectivity index (χ0v) is 12.9. The first-order valence-corrected chi connectivity index (χ1v) is 6.86. The molecular weight excluding hydrogens is 342 g/mol. The van der Waals surface area contributed by atoms with Gasteiger partial charge < -0.3 is 10.5 Å². The molecule has 3 nitrogen and oxygen atoms in total. The van der Waals surface area contributed by atoms with Gasteiger partial charge in [0.2, 0.25) is 0 Å². The van der Waals surface area contributed by atoms with E-state index in [1.165, 1.54) is 18.2 Å². The molecule has 0 amide bonds. The summed E-state index contributed by atoms with van der Waals surface area (Å²) in [5, 5.41) is 8.91. The molecule has 0 fully saturated rings. The van der Waals surface area contributed by atoms with Crippen LogP contribution in [-0.4, -0.2) is 5.84 Å². The molecular formula is C13H8Cl4N2O. The van der Waals surface area contributed by atoms with E-state index in [0.717, 1.165) is 0 Å². The van der Waals surface area contributed by atoms with Crippen LogP contribution in [-0.2, 0) is 0 Å². The lowest BCUT2D eigenvalue weighted by Crippen LogP contribution is -2.12. The first kappa shape index (κ1) is 15.3. The van der Waals surface area contributed by atoms with Crippen molar-refractivity contribution in [1.82, 2.24) is 0 Å². The van der Waals surface area contributed by atoms with E-state index in [9.17, 15) is 0 Å². The summed E-state index contributed by atoms with van der Waals surface area (Å²) in [6.45, 7) is 0. The van der Waals surface area contributed by atoms with Crippen molar-refractivity contribution in [2.45, 2.75) is 0 Å². The number of rotatable bonds is 3. The smallest absolute Gasteiger partial charge is 0.147 e. The average Bonchev–Trinajstić information content (AvgIpc) is 2.37. The number of nitrogen functional groups attached to an aromatic ring is 1. The molecule has 0 aliphatic carbocycles. The Bertz CT molecular complexity index is 688. The van der Waals surface area contributed by atoms with E-state index in [2.05, 4.69) is 0 Å². The third-order valence-corrected chi connectivity index (χ3v) is 3.68. The van der Waals surface area contributed by atoms with Crippen LogP contribution in [0.4, 0.5) is 0 Å². The Morgan fingerprint density at radius 1 is 0.900 bits per heavy atom. The van der Waals surface area contributed by atoms with Crippen LogP contribution >= 0.6 is 46.4 Å². The summed E-state index contributed by atoms with van der Waals surface area (Å²) < 4.78 is 5.64. The van der Waals surface area contributed by atoms with E-state index in [4.69, 9.17) is 62.3 Å². The van der Waals surface area contributed by atoms with Gasteiger partial charge in [-0.1, -0.05) is 46.4 Å². The number of nitrogens with one attached hydrogen (secondary N) is 1. The lowest BCUT2D eigenvalue weighted by molar-refractivity contribution is 0.482. The molecule has 7 heteroatoms. The summed E-state index contributed by atoms with van der Waals surface area (Å²) in [6.07, 6.45) is 0. The van der Waals surface area contributed by atoms with Crippen molar-refractivity contribution < 1.29 is 4.74 Å². The van der Waals surface area contributed by atoms with Crippen LogP contribution < -0.4 is 10.5 Å². The molecule has 0 heterocycles. The highest BCUT2D eigenvalue weighted by atomic mass is 35.5. The van der Waals surface area contributed by atoms with E-state index >= 15 is 0 Å². The number of benzene rings is 2. The molecule has 0 atom stereocenters. The summed E-state index contributed by atoms with van der Waals surface area (Å²) in [6, 6.07) is 7.71. The highest BCUT2D eigenvalue weighted by Crippen LogP contribution is 2.37. The zero-order valence-electron chi connectivity index (χ0n) is 9.88. The van der Waals surface area contributed by atoms with Gasteiger partial charge in [-0.15, -0.1) is 0 Å². The highest BCUT2D eigenvalue weighted by Gasteiger charge is 2.12. The van der Waals surface area contributed by atoms with Gasteiger partial charge in [-0.05, 0) is 24.3 Å². The summed E-state index contributed by atoms with van der Waals surface area (Å²) in [7, 11) is 0. The number of hydrogen-bond donors (Lipinski definition) is 2. The van der Waals surface area contributed by atoms with Crippen molar-refractivity contribution in [1.29, 1.82) is 5.41 Å². The van der Waals surface area contributed by atoms with E-state index in [0.29, 0.717) is 37.2 Å². The van der Waals surface area contributed by atoms with Gasteiger partial charge in [0.15, 0.2) is 0 Å². The second-order valence-electron chi connectivity index (χ2n) is 3.85. The molecule has 3 N–H and O–H groups in total. The van der Waals surface area contributed by atoms with Crippen LogP contribution in [0.5, 0.6) is 11.5 Å². The zero-order chi connectivity index (χ0) is 14.9. The lowest BCUT2D eigenvalue weighted by atomic mass is 10.2. The van der Waals surface area contributed by atoms with Gasteiger partial charge in [-0.25, -0.2) is 0 Å². The van der Waals surface area contributed by atoms with Gasteiger partial charge >= 0.3 is 0 Å². The normalized spacial score (nSPS) is 10.4. The van der Waals surface area contributed by atoms with Gasteiger partial charge in [-0.2, -0.15) is 0 Å². The topological polar surface area (TPSA) is 59.1 Å². The predicted molar refractivity (Wildman–Crippen MR) is 84.0 cm³/mol. The minimum absolute atomic E-state index is 0.168. The summed E-state index contributed by atoms with van der Waals surface area (Å²) >= 11 is 23.7. The summed E-state index contributed by atoms with van der Waals surface area (Å²) in [4.78, 5) is 0. The van der Waals surface area contributed by atoms with Crippen molar-refractivity contribution in [2.75, 3.05) is 0 Å². The third kappa shape index (κ3) is 3.30. The maximum Gasteiger partial charge on any atom is 0.147 e.